The van der Waals surface area contributed by atoms with E-state index in [1.165, 1.54) is 0 Å². The fourth-order valence-corrected chi connectivity index (χ4v) is 3.36. The molecule has 6 nitrogen and oxygen atoms in total. The van der Waals surface area contributed by atoms with Crippen molar-refractivity contribution in [2.75, 3.05) is 23.4 Å². The number of nitrogens with one attached hydrogen (secondary N) is 1. The van der Waals surface area contributed by atoms with Gasteiger partial charge in [-0.05, 0) is 50.1 Å². The van der Waals surface area contributed by atoms with Crippen LogP contribution in [0.25, 0.3) is 0 Å². The van der Waals surface area contributed by atoms with Crippen molar-refractivity contribution in [2.24, 2.45) is 5.92 Å². The molecule has 2 aromatic rings. The molecule has 3 rings (SSSR count). The van der Waals surface area contributed by atoms with Gasteiger partial charge in [0.1, 0.15) is 0 Å². The summed E-state index contributed by atoms with van der Waals surface area (Å²) < 4.78 is 5.04. The van der Waals surface area contributed by atoms with E-state index in [4.69, 9.17) is 4.74 Å². The second-order valence-corrected chi connectivity index (χ2v) is 6.88. The fraction of sp³-hybridized carbons (Fsp3) is 0.318. The number of aryl methyl sites for hydroxylation is 1. The van der Waals surface area contributed by atoms with Crippen LogP contribution in [-0.4, -0.2) is 30.9 Å². The van der Waals surface area contributed by atoms with E-state index < -0.39 is 11.9 Å². The molecule has 1 fully saturated rings. The second-order valence-electron chi connectivity index (χ2n) is 6.88. The maximum atomic E-state index is 12.8. The fourth-order valence-electron chi connectivity index (χ4n) is 3.36. The van der Waals surface area contributed by atoms with Crippen LogP contribution in [0.2, 0.25) is 0 Å². The predicted molar refractivity (Wildman–Crippen MR) is 107 cm³/mol. The lowest BCUT2D eigenvalue weighted by molar-refractivity contribution is -0.122. The second kappa shape index (κ2) is 8.25. The van der Waals surface area contributed by atoms with Crippen molar-refractivity contribution in [1.29, 1.82) is 0 Å². The number of carbonyl (C=O) groups excluding carboxylic acids is 3. The summed E-state index contributed by atoms with van der Waals surface area (Å²) in [4.78, 5) is 39.1. The van der Waals surface area contributed by atoms with E-state index in [0.717, 1.165) is 16.8 Å². The van der Waals surface area contributed by atoms with E-state index in [0.29, 0.717) is 17.8 Å². The van der Waals surface area contributed by atoms with Crippen LogP contribution >= 0.6 is 0 Å². The molecule has 1 unspecified atom stereocenters. The summed E-state index contributed by atoms with van der Waals surface area (Å²) in [6, 6.07) is 12.5. The van der Waals surface area contributed by atoms with Gasteiger partial charge in [-0.2, -0.15) is 0 Å². The van der Waals surface area contributed by atoms with Gasteiger partial charge < -0.3 is 15.0 Å². The van der Waals surface area contributed by atoms with Crippen LogP contribution in [-0.2, 0) is 14.3 Å². The molecule has 1 aliphatic heterocycles. The van der Waals surface area contributed by atoms with Gasteiger partial charge in [0, 0.05) is 18.7 Å². The van der Waals surface area contributed by atoms with E-state index in [1.54, 1.807) is 36.1 Å². The molecule has 1 heterocycles. The SMILES string of the molecule is CCOC(=O)c1ccccc1NC(=O)C1CC(=O)N(c2cccc(C)c2C)C1. The van der Waals surface area contributed by atoms with Crippen molar-refractivity contribution in [3.05, 3.63) is 59.2 Å². The molecule has 0 saturated carbocycles. The highest BCUT2D eigenvalue weighted by Crippen LogP contribution is 2.30. The third-order valence-electron chi connectivity index (χ3n) is 5.04. The van der Waals surface area contributed by atoms with Crippen LogP contribution in [0.4, 0.5) is 11.4 Å². The molecule has 6 heteroatoms. The van der Waals surface area contributed by atoms with Crippen molar-refractivity contribution in [2.45, 2.75) is 27.2 Å². The van der Waals surface area contributed by atoms with Gasteiger partial charge in [0.2, 0.25) is 11.8 Å². The molecule has 0 spiro atoms. The molecule has 0 aromatic heterocycles. The summed E-state index contributed by atoms with van der Waals surface area (Å²) in [6.45, 7) is 6.27. The Bertz CT molecular complexity index is 923. The molecule has 1 N–H and O–H groups in total. The first-order valence-corrected chi connectivity index (χ1v) is 9.36. The van der Waals surface area contributed by atoms with Crippen molar-refractivity contribution >= 4 is 29.2 Å². The number of hydrogen-bond acceptors (Lipinski definition) is 4. The molecule has 2 aromatic carbocycles. The summed E-state index contributed by atoms with van der Waals surface area (Å²) >= 11 is 0. The van der Waals surface area contributed by atoms with Crippen LogP contribution in [0.3, 0.4) is 0 Å². The van der Waals surface area contributed by atoms with Crippen molar-refractivity contribution in [1.82, 2.24) is 0 Å². The molecule has 0 radical (unpaired) electrons. The minimum Gasteiger partial charge on any atom is -0.462 e. The Morgan fingerprint density at radius 2 is 1.89 bits per heavy atom. The largest absolute Gasteiger partial charge is 0.462 e. The average molecular weight is 380 g/mol. The Morgan fingerprint density at radius 1 is 1.14 bits per heavy atom. The number of para-hydroxylation sites is 1. The molecule has 146 valence electrons. The van der Waals surface area contributed by atoms with Gasteiger partial charge in [0.25, 0.3) is 0 Å². The normalized spacial score (nSPS) is 16.2. The molecular weight excluding hydrogens is 356 g/mol. The Kier molecular flexibility index (Phi) is 5.78. The molecule has 28 heavy (non-hydrogen) atoms. The Balaban J connectivity index is 1.76. The monoisotopic (exact) mass is 380 g/mol. The number of rotatable bonds is 5. The number of nitrogens with zero attached hydrogens (tertiary/aromatic N) is 1. The average Bonchev–Trinajstić information content (AvgIpc) is 3.06. The highest BCUT2D eigenvalue weighted by molar-refractivity contribution is 6.06. The van der Waals surface area contributed by atoms with Crippen LogP contribution in [0.5, 0.6) is 0 Å². The summed E-state index contributed by atoms with van der Waals surface area (Å²) in [5.74, 6) is -1.33. The van der Waals surface area contributed by atoms with Gasteiger partial charge in [-0.15, -0.1) is 0 Å². The summed E-state index contributed by atoms with van der Waals surface area (Å²) in [6.07, 6.45) is 0.140. The number of anilines is 2. The topological polar surface area (TPSA) is 75.7 Å². The first-order chi connectivity index (χ1) is 13.4. The van der Waals surface area contributed by atoms with Crippen LogP contribution in [0.15, 0.2) is 42.5 Å². The Labute approximate surface area is 164 Å². The van der Waals surface area contributed by atoms with E-state index in [2.05, 4.69) is 5.32 Å². The summed E-state index contributed by atoms with van der Waals surface area (Å²) in [7, 11) is 0. The van der Waals surface area contributed by atoms with Gasteiger partial charge in [-0.25, -0.2) is 4.79 Å². The van der Waals surface area contributed by atoms with Crippen molar-refractivity contribution in [3.63, 3.8) is 0 Å². The van der Waals surface area contributed by atoms with E-state index >= 15 is 0 Å². The summed E-state index contributed by atoms with van der Waals surface area (Å²) in [5.41, 5.74) is 3.66. The minimum absolute atomic E-state index is 0.0764. The molecule has 1 atom stereocenters. The first-order valence-electron chi connectivity index (χ1n) is 9.36. The number of amides is 2. The number of esters is 1. The lowest BCUT2D eigenvalue weighted by Gasteiger charge is -2.20. The maximum Gasteiger partial charge on any atom is 0.340 e. The van der Waals surface area contributed by atoms with Crippen LogP contribution in [0, 0.1) is 19.8 Å². The standard InChI is InChI=1S/C22H24N2O4/c1-4-28-22(27)17-9-5-6-10-18(17)23-21(26)16-12-20(25)24(13-16)19-11-7-8-14(2)15(19)3/h5-11,16H,4,12-13H2,1-3H3,(H,23,26). The zero-order valence-corrected chi connectivity index (χ0v) is 16.3. The molecule has 1 aliphatic rings. The van der Waals surface area contributed by atoms with Gasteiger partial charge in [0.05, 0.1) is 23.8 Å². The molecule has 1 saturated heterocycles. The molecular formula is C22H24N2O4. The van der Waals surface area contributed by atoms with Crippen LogP contribution < -0.4 is 10.2 Å². The van der Waals surface area contributed by atoms with Crippen molar-refractivity contribution in [3.8, 4) is 0 Å². The summed E-state index contributed by atoms with van der Waals surface area (Å²) in [5, 5.41) is 2.79. The first kappa shape index (κ1) is 19.6. The Morgan fingerprint density at radius 3 is 2.64 bits per heavy atom. The molecule has 0 bridgehead atoms. The highest BCUT2D eigenvalue weighted by atomic mass is 16.5. The third-order valence-corrected chi connectivity index (χ3v) is 5.04. The highest BCUT2D eigenvalue weighted by Gasteiger charge is 2.36. The van der Waals surface area contributed by atoms with E-state index in [9.17, 15) is 14.4 Å². The zero-order valence-electron chi connectivity index (χ0n) is 16.3. The smallest absolute Gasteiger partial charge is 0.340 e. The quantitative estimate of drug-likeness (QED) is 0.806. The van der Waals surface area contributed by atoms with Gasteiger partial charge >= 0.3 is 5.97 Å². The number of hydrogen-bond donors (Lipinski definition) is 1. The van der Waals surface area contributed by atoms with Crippen molar-refractivity contribution < 1.29 is 19.1 Å². The van der Waals surface area contributed by atoms with Gasteiger partial charge in [-0.1, -0.05) is 24.3 Å². The van der Waals surface area contributed by atoms with E-state index in [-0.39, 0.29) is 24.8 Å². The maximum absolute atomic E-state index is 12.8. The predicted octanol–water partition coefficient (Wildman–Crippen LogP) is 3.47. The zero-order chi connectivity index (χ0) is 20.3. The van der Waals surface area contributed by atoms with Gasteiger partial charge in [0.15, 0.2) is 0 Å². The lowest BCUT2D eigenvalue weighted by Crippen LogP contribution is -2.29. The van der Waals surface area contributed by atoms with E-state index in [1.807, 2.05) is 32.0 Å². The molecule has 2 amide bonds. The Hall–Kier alpha value is -3.15. The van der Waals surface area contributed by atoms with Gasteiger partial charge in [-0.3, -0.25) is 9.59 Å². The lowest BCUT2D eigenvalue weighted by atomic mass is 10.1. The minimum atomic E-state index is -0.488. The number of carbonyl (C=O) groups is 3. The molecule has 0 aliphatic carbocycles. The number of benzene rings is 2. The van der Waals surface area contributed by atoms with Crippen LogP contribution in [0.1, 0.15) is 34.8 Å². The number of ether oxygens (including phenoxy) is 1. The third kappa shape index (κ3) is 3.91.